The van der Waals surface area contributed by atoms with Gasteiger partial charge in [-0.3, -0.25) is 9.48 Å². The Bertz CT molecular complexity index is 876. The van der Waals surface area contributed by atoms with Gasteiger partial charge in [0.15, 0.2) is 6.61 Å². The topological polar surface area (TPSA) is 88.5 Å². The van der Waals surface area contributed by atoms with Crippen LogP contribution in [-0.2, 0) is 4.79 Å². The van der Waals surface area contributed by atoms with Crippen molar-refractivity contribution in [3.05, 3.63) is 35.7 Å². The molecule has 1 aromatic heterocycles. The fourth-order valence-electron chi connectivity index (χ4n) is 3.50. The number of aromatic nitrogens is 2. The highest BCUT2D eigenvalue weighted by atomic mass is 16.5. The van der Waals surface area contributed by atoms with Gasteiger partial charge in [0.2, 0.25) is 0 Å². The summed E-state index contributed by atoms with van der Waals surface area (Å²) in [4.78, 5) is 25.7. The second-order valence-corrected chi connectivity index (χ2v) is 6.74. The summed E-state index contributed by atoms with van der Waals surface area (Å²) < 4.78 is 7.40. The van der Waals surface area contributed by atoms with Gasteiger partial charge in [0.1, 0.15) is 5.75 Å². The number of benzene rings is 1. The summed E-state index contributed by atoms with van der Waals surface area (Å²) in [6.07, 6.45) is 0.884. The lowest BCUT2D eigenvalue weighted by molar-refractivity contribution is -0.118. The van der Waals surface area contributed by atoms with E-state index in [-0.39, 0.29) is 24.6 Å². The standard InChI is InChI=1S/C18H21N5O3/c1-11-7-12(2)23(21-11)14-5-6-22(9-14)18(25)19-13-3-4-15-16(8-13)26-10-17(24)20-15/h3-4,7-8,14H,5-6,9-10H2,1-2H3,(H,19,25)(H,20,24). The molecule has 8 heteroatoms. The number of hydrogen-bond donors (Lipinski definition) is 2. The molecule has 1 unspecified atom stereocenters. The van der Waals surface area contributed by atoms with Crippen molar-refractivity contribution in [2.24, 2.45) is 0 Å². The molecule has 2 aromatic rings. The number of nitrogens with zero attached hydrogens (tertiary/aromatic N) is 3. The van der Waals surface area contributed by atoms with E-state index in [2.05, 4.69) is 21.8 Å². The molecule has 0 radical (unpaired) electrons. The lowest BCUT2D eigenvalue weighted by atomic mass is 10.2. The van der Waals surface area contributed by atoms with Crippen molar-refractivity contribution >= 4 is 23.3 Å². The first kappa shape index (κ1) is 16.4. The number of carbonyl (C=O) groups excluding carboxylic acids is 2. The zero-order valence-electron chi connectivity index (χ0n) is 14.8. The number of amides is 3. The minimum absolute atomic E-state index is 0.0131. The molecular formula is C18H21N5O3. The summed E-state index contributed by atoms with van der Waals surface area (Å²) in [6.45, 7) is 5.32. The smallest absolute Gasteiger partial charge is 0.321 e. The average molecular weight is 355 g/mol. The minimum atomic E-state index is -0.179. The fraction of sp³-hybridized carbons (Fsp3) is 0.389. The first-order valence-electron chi connectivity index (χ1n) is 8.65. The molecule has 2 N–H and O–H groups in total. The monoisotopic (exact) mass is 355 g/mol. The van der Waals surface area contributed by atoms with Crippen LogP contribution in [0.3, 0.4) is 0 Å². The molecule has 1 atom stereocenters. The maximum Gasteiger partial charge on any atom is 0.321 e. The van der Waals surface area contributed by atoms with Crippen LogP contribution in [0.25, 0.3) is 0 Å². The maximum atomic E-state index is 12.6. The molecule has 26 heavy (non-hydrogen) atoms. The number of urea groups is 1. The van der Waals surface area contributed by atoms with E-state index in [9.17, 15) is 9.59 Å². The number of rotatable bonds is 2. The Morgan fingerprint density at radius 2 is 2.19 bits per heavy atom. The Hall–Kier alpha value is -3.03. The van der Waals surface area contributed by atoms with Gasteiger partial charge in [0.05, 0.1) is 17.4 Å². The van der Waals surface area contributed by atoms with Gasteiger partial charge in [-0.1, -0.05) is 0 Å². The summed E-state index contributed by atoms with van der Waals surface area (Å²) in [6, 6.07) is 7.31. The van der Waals surface area contributed by atoms with Crippen LogP contribution in [0, 0.1) is 13.8 Å². The SMILES string of the molecule is Cc1cc(C)n(C2CCN(C(=O)Nc3ccc4c(c3)OCC(=O)N4)C2)n1. The van der Waals surface area contributed by atoms with Gasteiger partial charge in [0, 0.05) is 30.5 Å². The summed E-state index contributed by atoms with van der Waals surface area (Å²) in [5.74, 6) is 0.380. The molecule has 1 fully saturated rings. The first-order valence-corrected chi connectivity index (χ1v) is 8.65. The highest BCUT2D eigenvalue weighted by molar-refractivity contribution is 5.96. The highest BCUT2D eigenvalue weighted by Gasteiger charge is 2.29. The summed E-state index contributed by atoms with van der Waals surface area (Å²) in [7, 11) is 0. The van der Waals surface area contributed by atoms with Crippen molar-refractivity contribution in [2.75, 3.05) is 30.3 Å². The Labute approximate surface area is 151 Å². The van der Waals surface area contributed by atoms with E-state index in [4.69, 9.17) is 4.74 Å². The highest BCUT2D eigenvalue weighted by Crippen LogP contribution is 2.31. The molecule has 2 aliphatic rings. The third kappa shape index (κ3) is 3.10. The molecule has 4 rings (SSSR count). The van der Waals surface area contributed by atoms with Crippen molar-refractivity contribution in [3.8, 4) is 5.75 Å². The van der Waals surface area contributed by atoms with E-state index in [0.29, 0.717) is 30.2 Å². The van der Waals surface area contributed by atoms with Crippen LogP contribution >= 0.6 is 0 Å². The van der Waals surface area contributed by atoms with Crippen molar-refractivity contribution < 1.29 is 14.3 Å². The number of aryl methyl sites for hydroxylation is 2. The number of nitrogens with one attached hydrogen (secondary N) is 2. The molecule has 0 bridgehead atoms. The number of hydrogen-bond acceptors (Lipinski definition) is 4. The molecule has 8 nitrogen and oxygen atoms in total. The third-order valence-corrected chi connectivity index (χ3v) is 4.71. The molecule has 3 heterocycles. The van der Waals surface area contributed by atoms with Gasteiger partial charge in [-0.2, -0.15) is 5.10 Å². The molecule has 0 aliphatic carbocycles. The maximum absolute atomic E-state index is 12.6. The molecular weight excluding hydrogens is 334 g/mol. The lowest BCUT2D eigenvalue weighted by Crippen LogP contribution is -2.33. The molecule has 0 spiro atoms. The Balaban J connectivity index is 1.41. The van der Waals surface area contributed by atoms with E-state index in [1.165, 1.54) is 0 Å². The summed E-state index contributed by atoms with van der Waals surface area (Å²) in [5, 5.41) is 10.2. The number of fused-ring (bicyclic) bond motifs is 1. The predicted octanol–water partition coefficient (Wildman–Crippen LogP) is 2.31. The van der Waals surface area contributed by atoms with Crippen LogP contribution < -0.4 is 15.4 Å². The van der Waals surface area contributed by atoms with E-state index < -0.39 is 0 Å². The number of likely N-dealkylation sites (tertiary alicyclic amines) is 1. The molecule has 3 amide bonds. The molecule has 1 saturated heterocycles. The fourth-order valence-corrected chi connectivity index (χ4v) is 3.50. The van der Waals surface area contributed by atoms with E-state index in [1.54, 1.807) is 23.1 Å². The van der Waals surface area contributed by atoms with Crippen LogP contribution in [0.4, 0.5) is 16.2 Å². The van der Waals surface area contributed by atoms with Gasteiger partial charge in [-0.25, -0.2) is 4.79 Å². The van der Waals surface area contributed by atoms with Crippen LogP contribution in [-0.4, -0.2) is 46.3 Å². The average Bonchev–Trinajstić information content (AvgIpc) is 3.21. The molecule has 136 valence electrons. The second kappa shape index (κ2) is 6.36. The van der Waals surface area contributed by atoms with E-state index in [0.717, 1.165) is 17.8 Å². The molecule has 2 aliphatic heterocycles. The summed E-state index contributed by atoms with van der Waals surface area (Å²) in [5.41, 5.74) is 3.36. The Morgan fingerprint density at radius 1 is 1.35 bits per heavy atom. The third-order valence-electron chi connectivity index (χ3n) is 4.71. The molecule has 1 aromatic carbocycles. The Morgan fingerprint density at radius 3 is 2.96 bits per heavy atom. The van der Waals surface area contributed by atoms with Crippen molar-refractivity contribution in [1.29, 1.82) is 0 Å². The van der Waals surface area contributed by atoms with Crippen LogP contribution in [0.2, 0.25) is 0 Å². The zero-order valence-corrected chi connectivity index (χ0v) is 14.8. The van der Waals surface area contributed by atoms with Gasteiger partial charge in [0.25, 0.3) is 5.91 Å². The van der Waals surface area contributed by atoms with Crippen LogP contribution in [0.5, 0.6) is 5.75 Å². The van der Waals surface area contributed by atoms with E-state index in [1.807, 2.05) is 18.5 Å². The molecule has 0 saturated carbocycles. The Kier molecular flexibility index (Phi) is 4.02. The van der Waals surface area contributed by atoms with Crippen molar-refractivity contribution in [2.45, 2.75) is 26.3 Å². The first-order chi connectivity index (χ1) is 12.5. The minimum Gasteiger partial charge on any atom is -0.482 e. The number of carbonyl (C=O) groups is 2. The second-order valence-electron chi connectivity index (χ2n) is 6.74. The van der Waals surface area contributed by atoms with Crippen molar-refractivity contribution in [3.63, 3.8) is 0 Å². The quantitative estimate of drug-likeness (QED) is 0.865. The zero-order chi connectivity index (χ0) is 18.3. The number of anilines is 2. The normalized spacial score (nSPS) is 18.9. The van der Waals surface area contributed by atoms with Crippen molar-refractivity contribution in [1.82, 2.24) is 14.7 Å². The van der Waals surface area contributed by atoms with Crippen LogP contribution in [0.1, 0.15) is 23.9 Å². The van der Waals surface area contributed by atoms with Crippen LogP contribution in [0.15, 0.2) is 24.3 Å². The van der Waals surface area contributed by atoms with Gasteiger partial charge in [-0.05, 0) is 38.5 Å². The lowest BCUT2D eigenvalue weighted by Gasteiger charge is -2.20. The summed E-state index contributed by atoms with van der Waals surface area (Å²) >= 11 is 0. The number of ether oxygens (including phenoxy) is 1. The van der Waals surface area contributed by atoms with E-state index >= 15 is 0 Å². The van der Waals surface area contributed by atoms with Gasteiger partial charge >= 0.3 is 6.03 Å². The predicted molar refractivity (Wildman–Crippen MR) is 96.5 cm³/mol. The largest absolute Gasteiger partial charge is 0.482 e. The van der Waals surface area contributed by atoms with Gasteiger partial charge < -0.3 is 20.3 Å². The van der Waals surface area contributed by atoms with Gasteiger partial charge in [-0.15, -0.1) is 0 Å².